The minimum absolute atomic E-state index is 0.599. The van der Waals surface area contributed by atoms with E-state index in [1.165, 1.54) is 22.3 Å². The quantitative estimate of drug-likeness (QED) is 0.134. The lowest BCUT2D eigenvalue weighted by Crippen LogP contribution is -2.32. The van der Waals surface area contributed by atoms with Crippen LogP contribution >= 0.6 is 0 Å². The summed E-state index contributed by atoms with van der Waals surface area (Å²) in [7, 11) is 0. The van der Waals surface area contributed by atoms with E-state index in [0.29, 0.717) is 11.6 Å². The third-order valence-corrected chi connectivity index (χ3v) is 21.9. The Hall–Kier alpha value is -14.1. The molecule has 2 aliphatic carbocycles. The van der Waals surface area contributed by atoms with Gasteiger partial charge in [-0.25, -0.2) is 19.9 Å². The van der Waals surface area contributed by atoms with Crippen molar-refractivity contribution in [3.63, 3.8) is 0 Å². The summed E-state index contributed by atoms with van der Waals surface area (Å²) in [6.07, 6.45) is 7.40. The van der Waals surface area contributed by atoms with Crippen LogP contribution in [0.1, 0.15) is 44.5 Å². The highest BCUT2D eigenvalue weighted by Gasteiger charge is 2.54. The molecule has 2 aliphatic heterocycles. The van der Waals surface area contributed by atoms with Crippen molar-refractivity contribution < 1.29 is 9.47 Å². The number of benzene rings is 13. The molecule has 0 amide bonds. The van der Waals surface area contributed by atoms with E-state index in [-0.39, 0.29) is 0 Å². The van der Waals surface area contributed by atoms with Gasteiger partial charge in [-0.2, -0.15) is 0 Å². The van der Waals surface area contributed by atoms with Gasteiger partial charge in [0.25, 0.3) is 0 Å². The van der Waals surface area contributed by atoms with Gasteiger partial charge in [-0.05, 0) is 132 Å². The van der Waals surface area contributed by atoms with E-state index in [9.17, 15) is 0 Å². The van der Waals surface area contributed by atoms with Gasteiger partial charge in [0.1, 0.15) is 23.0 Å². The zero-order chi connectivity index (χ0) is 69.9. The number of hydrogen-bond acceptors (Lipinski definition) is 8. The lowest BCUT2D eigenvalue weighted by molar-refractivity contribution is 0.439. The Kier molecular flexibility index (Phi) is 13.9. The van der Waals surface area contributed by atoms with Gasteiger partial charge >= 0.3 is 0 Å². The van der Waals surface area contributed by atoms with Gasteiger partial charge in [0.2, 0.25) is 0 Å². The van der Waals surface area contributed by atoms with Gasteiger partial charge in [-0.3, -0.25) is 9.97 Å². The van der Waals surface area contributed by atoms with Gasteiger partial charge in [-0.1, -0.05) is 285 Å². The van der Waals surface area contributed by atoms with Crippen LogP contribution in [0.2, 0.25) is 0 Å². The number of hydrogen-bond donors (Lipinski definition) is 0. The predicted molar refractivity (Wildman–Crippen MR) is 422 cm³/mol. The molecule has 0 bridgehead atoms. The molecule has 8 heteroatoms. The maximum atomic E-state index is 7.70. The summed E-state index contributed by atoms with van der Waals surface area (Å²) in [5.74, 6) is 4.24. The van der Waals surface area contributed by atoms with Crippen LogP contribution in [0.15, 0.2) is 365 Å². The van der Waals surface area contributed by atoms with Crippen molar-refractivity contribution in [3.05, 3.63) is 409 Å². The highest BCUT2D eigenvalue weighted by molar-refractivity contribution is 6.00. The molecule has 17 aromatic rings. The molecule has 0 N–H and O–H groups in total. The number of rotatable bonds is 10. The Morgan fingerprint density at radius 1 is 0.189 bits per heavy atom. The van der Waals surface area contributed by atoms with Gasteiger partial charge in [-0.15, -0.1) is 0 Å². The Morgan fingerprint density at radius 2 is 0.509 bits per heavy atom. The number of nitrogens with zero attached hydrogens (tertiary/aromatic N) is 6. The lowest BCUT2D eigenvalue weighted by Gasteiger charge is -2.40. The van der Waals surface area contributed by atoms with Crippen molar-refractivity contribution in [2.75, 3.05) is 0 Å². The van der Waals surface area contributed by atoms with Crippen LogP contribution in [0.25, 0.3) is 135 Å². The molecule has 0 saturated heterocycles. The highest BCUT2D eigenvalue weighted by atomic mass is 16.5. The fraction of sp³-hybridized carbons (Fsp3) is 0.0204. The van der Waals surface area contributed by atoms with E-state index in [4.69, 9.17) is 29.4 Å². The molecule has 13 aromatic carbocycles. The van der Waals surface area contributed by atoms with Crippen molar-refractivity contribution >= 4 is 0 Å². The second kappa shape index (κ2) is 24.3. The van der Waals surface area contributed by atoms with E-state index >= 15 is 0 Å². The lowest BCUT2D eigenvalue weighted by atomic mass is 9.65. The average Bonchev–Trinajstić information content (AvgIpc) is 1.46. The monoisotopic (exact) mass is 1350 g/mol. The number of fused-ring (bicyclic) bond motifs is 18. The van der Waals surface area contributed by atoms with Crippen LogP contribution in [-0.2, 0) is 10.8 Å². The van der Waals surface area contributed by atoms with Crippen molar-refractivity contribution in [2.24, 2.45) is 0 Å². The second-order valence-electron chi connectivity index (χ2n) is 27.5. The Morgan fingerprint density at radius 3 is 1.01 bits per heavy atom. The molecule has 21 rings (SSSR count). The maximum absolute atomic E-state index is 7.70. The molecule has 4 aromatic heterocycles. The summed E-state index contributed by atoms with van der Waals surface area (Å²) in [4.78, 5) is 30.8. The average molecular weight is 1350 g/mol. The molecule has 8 nitrogen and oxygen atoms in total. The molecule has 1 atom stereocenters. The first kappa shape index (κ1) is 60.7. The normalized spacial score (nSPS) is 14.1. The minimum Gasteiger partial charge on any atom is -0.455 e. The van der Waals surface area contributed by atoms with Crippen molar-refractivity contribution in [1.29, 1.82) is 0 Å². The zero-order valence-corrected chi connectivity index (χ0v) is 57.1. The van der Waals surface area contributed by atoms with Gasteiger partial charge < -0.3 is 9.47 Å². The molecule has 0 fully saturated rings. The van der Waals surface area contributed by atoms with Crippen LogP contribution < -0.4 is 9.47 Å². The topological polar surface area (TPSA) is 95.8 Å². The predicted octanol–water partition coefficient (Wildman–Crippen LogP) is 23.7. The molecule has 4 aliphatic rings. The van der Waals surface area contributed by atoms with Crippen molar-refractivity contribution in [3.8, 4) is 158 Å². The summed E-state index contributed by atoms with van der Waals surface area (Å²) in [6, 6.07) is 121. The van der Waals surface area contributed by atoms with Crippen LogP contribution in [0, 0.1) is 0 Å². The highest BCUT2D eigenvalue weighted by Crippen LogP contribution is 2.67. The molecule has 0 radical (unpaired) electrons. The summed E-state index contributed by atoms with van der Waals surface area (Å²) in [6.45, 7) is 0. The Labute approximate surface area is 613 Å². The van der Waals surface area contributed by atoms with Crippen LogP contribution in [0.3, 0.4) is 0 Å². The van der Waals surface area contributed by atoms with E-state index in [2.05, 4.69) is 307 Å². The molecule has 1 unspecified atom stereocenters. The number of pyridine rings is 2. The molecule has 6 heterocycles. The fourth-order valence-electron chi connectivity index (χ4n) is 17.4. The third-order valence-electron chi connectivity index (χ3n) is 21.9. The standard InChI is InChI=1S/C98H60N6O2/c1-4-22-61(23-5-1)62-46-48-65(49-47-62)86-59-88(103-95(101-86)66-24-6-2-7-25-66)76-37-21-45-85-94(76)106-92-72(64-52-56-100-57-53-64)35-19-43-83(92)98(85)80-40-15-12-32-75(80)90-70(33-17-41-81(90)98)68-28-16-29-69(58-68)87-60-89(104-96(102-87)67-26-8-3-9-27-67)77-36-20-44-84-93(77)105-91-71(63-50-54-99-55-51-63)34-18-42-82(91)97(84)78-38-13-10-30-73(78)74-31-11-14-39-79(74)97/h1-60H. The largest absolute Gasteiger partial charge is 0.455 e. The second-order valence-corrected chi connectivity index (χ2v) is 27.5. The van der Waals surface area contributed by atoms with E-state index < -0.39 is 10.8 Å². The van der Waals surface area contributed by atoms with E-state index in [1.54, 1.807) is 0 Å². The first-order chi connectivity index (χ1) is 52.6. The van der Waals surface area contributed by atoms with E-state index in [0.717, 1.165) is 168 Å². The maximum Gasteiger partial charge on any atom is 0.160 e. The number of ether oxygens (including phenoxy) is 2. The third kappa shape index (κ3) is 9.27. The zero-order valence-electron chi connectivity index (χ0n) is 57.1. The van der Waals surface area contributed by atoms with Crippen molar-refractivity contribution in [1.82, 2.24) is 29.9 Å². The SMILES string of the molecule is c1ccc(-c2ccc(-c3cc(-c4cccc5c4Oc4c(-c6ccncc6)cccc4C54c5ccccc5-c5c(-c6cccc(-c7cc(-c8cccc9c8Oc8c(-c%10ccncc%10)cccc8C98c9ccccc9-c9ccccc98)nc(-c8ccccc8)n7)c6)cccc54)nc(-c4ccccc4)n3)cc2)cc1. The summed E-state index contributed by atoms with van der Waals surface area (Å²) < 4.78 is 15.3. The molecule has 0 saturated carbocycles. The van der Waals surface area contributed by atoms with Gasteiger partial charge in [0, 0.05) is 91.5 Å². The summed E-state index contributed by atoms with van der Waals surface area (Å²) in [5, 5.41) is 0. The van der Waals surface area contributed by atoms with Gasteiger partial charge in [0.05, 0.1) is 33.6 Å². The first-order valence-corrected chi connectivity index (χ1v) is 35.9. The summed E-state index contributed by atoms with van der Waals surface area (Å²) >= 11 is 0. The minimum atomic E-state index is -0.892. The van der Waals surface area contributed by atoms with Crippen molar-refractivity contribution in [2.45, 2.75) is 10.8 Å². The van der Waals surface area contributed by atoms with Gasteiger partial charge in [0.15, 0.2) is 11.6 Å². The first-order valence-electron chi connectivity index (χ1n) is 35.9. The molecule has 494 valence electrons. The molecule has 106 heavy (non-hydrogen) atoms. The molecular formula is C98H60N6O2. The number of aromatic nitrogens is 6. The fourth-order valence-corrected chi connectivity index (χ4v) is 17.4. The number of para-hydroxylation sites is 4. The van der Waals surface area contributed by atoms with Crippen LogP contribution in [-0.4, -0.2) is 29.9 Å². The van der Waals surface area contributed by atoms with Crippen LogP contribution in [0.5, 0.6) is 23.0 Å². The molecular weight excluding hydrogens is 1290 g/mol. The Bertz CT molecular complexity index is 6340. The molecule has 2 spiro atoms. The van der Waals surface area contributed by atoms with Crippen LogP contribution in [0.4, 0.5) is 0 Å². The Balaban J connectivity index is 0.749. The van der Waals surface area contributed by atoms with E-state index in [1.807, 2.05) is 67.3 Å². The summed E-state index contributed by atoms with van der Waals surface area (Å²) in [5.41, 5.74) is 28.7. The smallest absolute Gasteiger partial charge is 0.160 e.